The Labute approximate surface area is 191 Å². The van der Waals surface area contributed by atoms with Crippen LogP contribution < -0.4 is 21.3 Å². The largest absolute Gasteiger partial charge is 0.383 e. The molecule has 0 saturated carbocycles. The fourth-order valence-electron chi connectivity index (χ4n) is 3.21. The minimum absolute atomic E-state index is 0. The van der Waals surface area contributed by atoms with E-state index in [0.29, 0.717) is 32.0 Å². The number of guanidine groups is 1. The standard InChI is InChI=1S/C20H24N6O3.HI/c1-21-20(23-11-10-22-15-6-8-16(9-7-15)26(28)29)24-13-14-12-19(27)25-18-5-3-2-4-17(14)18;/h2-9,14,22H,10-13H2,1H3,(H,25,27)(H2,21,23,24);1H. The molecule has 2 aromatic rings. The van der Waals surface area contributed by atoms with E-state index in [4.69, 9.17) is 0 Å². The van der Waals surface area contributed by atoms with Crippen LogP contribution in [0.3, 0.4) is 0 Å². The molecule has 1 aliphatic rings. The summed E-state index contributed by atoms with van der Waals surface area (Å²) < 4.78 is 0. The predicted molar refractivity (Wildman–Crippen MR) is 129 cm³/mol. The molecule has 0 bridgehead atoms. The molecule has 3 rings (SSSR count). The SMILES string of the molecule is CN=C(NCCNc1ccc([N+](=O)[O-])cc1)NCC1CC(=O)Nc2ccccc21.I. The summed E-state index contributed by atoms with van der Waals surface area (Å²) in [7, 11) is 1.70. The number of nitro benzene ring substituents is 1. The van der Waals surface area contributed by atoms with Gasteiger partial charge in [-0.1, -0.05) is 18.2 Å². The third-order valence-electron chi connectivity index (χ3n) is 4.67. The van der Waals surface area contributed by atoms with Crippen molar-refractivity contribution >= 4 is 52.9 Å². The smallest absolute Gasteiger partial charge is 0.269 e. The quantitative estimate of drug-likeness (QED) is 0.110. The number of nitrogens with one attached hydrogen (secondary N) is 4. The molecular weight excluding hydrogens is 499 g/mol. The Hall–Kier alpha value is -2.89. The van der Waals surface area contributed by atoms with Crippen molar-refractivity contribution in [2.45, 2.75) is 12.3 Å². The summed E-state index contributed by atoms with van der Waals surface area (Å²) in [5.74, 6) is 0.751. The fraction of sp³-hybridized carbons (Fsp3) is 0.300. The molecule has 1 atom stereocenters. The molecule has 9 nitrogen and oxygen atoms in total. The lowest BCUT2D eigenvalue weighted by Gasteiger charge is -2.26. The summed E-state index contributed by atoms with van der Waals surface area (Å²) in [5, 5.41) is 23.3. The first-order valence-corrected chi connectivity index (χ1v) is 9.38. The monoisotopic (exact) mass is 524 g/mol. The lowest BCUT2D eigenvalue weighted by Crippen LogP contribution is -2.42. The zero-order valence-corrected chi connectivity index (χ0v) is 18.9. The molecule has 4 N–H and O–H groups in total. The fourth-order valence-corrected chi connectivity index (χ4v) is 3.21. The van der Waals surface area contributed by atoms with Crippen molar-refractivity contribution in [2.75, 3.05) is 37.3 Å². The van der Waals surface area contributed by atoms with Crippen LogP contribution in [0.2, 0.25) is 0 Å². The minimum Gasteiger partial charge on any atom is -0.383 e. The maximum Gasteiger partial charge on any atom is 0.269 e. The topological polar surface area (TPSA) is 121 Å². The number of hydrogen-bond acceptors (Lipinski definition) is 5. The van der Waals surface area contributed by atoms with E-state index in [1.165, 1.54) is 12.1 Å². The van der Waals surface area contributed by atoms with Gasteiger partial charge in [-0.05, 0) is 23.8 Å². The summed E-state index contributed by atoms with van der Waals surface area (Å²) in [6.45, 7) is 1.82. The van der Waals surface area contributed by atoms with Crippen molar-refractivity contribution in [2.24, 2.45) is 4.99 Å². The molecule has 30 heavy (non-hydrogen) atoms. The van der Waals surface area contributed by atoms with Crippen molar-refractivity contribution in [3.8, 4) is 0 Å². The summed E-state index contributed by atoms with van der Waals surface area (Å²) in [5.41, 5.74) is 2.86. The molecule has 160 valence electrons. The molecule has 0 spiro atoms. The number of anilines is 2. The molecule has 0 aromatic heterocycles. The molecule has 0 aliphatic carbocycles. The molecule has 10 heteroatoms. The van der Waals surface area contributed by atoms with Gasteiger partial charge in [0.2, 0.25) is 5.91 Å². The van der Waals surface area contributed by atoms with Crippen LogP contribution in [0, 0.1) is 10.1 Å². The lowest BCUT2D eigenvalue weighted by molar-refractivity contribution is -0.384. The van der Waals surface area contributed by atoms with Crippen LogP contribution in [0.15, 0.2) is 53.5 Å². The number of aliphatic imine (C=N–C) groups is 1. The van der Waals surface area contributed by atoms with Gasteiger partial charge >= 0.3 is 0 Å². The van der Waals surface area contributed by atoms with E-state index >= 15 is 0 Å². The third kappa shape index (κ3) is 6.31. The van der Waals surface area contributed by atoms with Gasteiger partial charge in [0, 0.05) is 62.5 Å². The number of non-ortho nitro benzene ring substituents is 1. The molecule has 1 heterocycles. The van der Waals surface area contributed by atoms with Crippen LogP contribution in [0.1, 0.15) is 17.9 Å². The van der Waals surface area contributed by atoms with Crippen LogP contribution in [-0.2, 0) is 4.79 Å². The van der Waals surface area contributed by atoms with Crippen molar-refractivity contribution in [1.82, 2.24) is 10.6 Å². The molecule has 1 aliphatic heterocycles. The third-order valence-corrected chi connectivity index (χ3v) is 4.67. The van der Waals surface area contributed by atoms with Crippen LogP contribution in [0.4, 0.5) is 17.1 Å². The zero-order chi connectivity index (χ0) is 20.6. The van der Waals surface area contributed by atoms with Gasteiger partial charge in [0.1, 0.15) is 0 Å². The zero-order valence-electron chi connectivity index (χ0n) is 16.6. The highest BCUT2D eigenvalue weighted by atomic mass is 127. The van der Waals surface area contributed by atoms with Gasteiger partial charge in [-0.2, -0.15) is 0 Å². The molecule has 0 fully saturated rings. The normalized spacial score (nSPS) is 15.3. The van der Waals surface area contributed by atoms with Crippen LogP contribution in [0.25, 0.3) is 0 Å². The van der Waals surface area contributed by atoms with Crippen LogP contribution >= 0.6 is 24.0 Å². The summed E-state index contributed by atoms with van der Waals surface area (Å²) >= 11 is 0. The highest BCUT2D eigenvalue weighted by Crippen LogP contribution is 2.31. The number of hydrogen-bond donors (Lipinski definition) is 4. The number of carbonyl (C=O) groups is 1. The number of halogens is 1. The molecule has 1 amide bonds. The minimum atomic E-state index is -0.421. The number of fused-ring (bicyclic) bond motifs is 1. The van der Waals surface area contributed by atoms with Crippen molar-refractivity contribution < 1.29 is 9.72 Å². The summed E-state index contributed by atoms with van der Waals surface area (Å²) in [4.78, 5) is 26.4. The summed E-state index contributed by atoms with van der Waals surface area (Å²) in [6, 6.07) is 14.1. The molecule has 0 radical (unpaired) electrons. The number of amides is 1. The van der Waals surface area contributed by atoms with E-state index in [1.807, 2.05) is 24.3 Å². The Morgan fingerprint density at radius 3 is 2.60 bits per heavy atom. The van der Waals surface area contributed by atoms with E-state index in [0.717, 1.165) is 16.9 Å². The Bertz CT molecular complexity index is 904. The average molecular weight is 524 g/mol. The lowest BCUT2D eigenvalue weighted by atomic mass is 9.90. The number of nitro groups is 1. The van der Waals surface area contributed by atoms with Gasteiger partial charge in [-0.15, -0.1) is 24.0 Å². The van der Waals surface area contributed by atoms with Crippen LogP contribution in [0.5, 0.6) is 0 Å². The second-order valence-corrected chi connectivity index (χ2v) is 6.65. The molecule has 1 unspecified atom stereocenters. The van der Waals surface area contributed by atoms with Crippen molar-refractivity contribution in [1.29, 1.82) is 0 Å². The number of carbonyl (C=O) groups excluding carboxylic acids is 1. The highest BCUT2D eigenvalue weighted by Gasteiger charge is 2.24. The Morgan fingerprint density at radius 2 is 1.90 bits per heavy atom. The second-order valence-electron chi connectivity index (χ2n) is 6.65. The number of para-hydroxylation sites is 1. The number of benzene rings is 2. The first kappa shape index (κ1) is 23.4. The highest BCUT2D eigenvalue weighted by molar-refractivity contribution is 14.0. The van der Waals surface area contributed by atoms with Crippen molar-refractivity contribution in [3.05, 3.63) is 64.2 Å². The predicted octanol–water partition coefficient (Wildman–Crippen LogP) is 2.92. The second kappa shape index (κ2) is 11.3. The van der Waals surface area contributed by atoms with E-state index in [2.05, 4.69) is 26.3 Å². The van der Waals surface area contributed by atoms with Crippen LogP contribution in [-0.4, -0.2) is 43.5 Å². The maximum atomic E-state index is 11.9. The van der Waals surface area contributed by atoms with Gasteiger partial charge in [0.05, 0.1) is 4.92 Å². The maximum absolute atomic E-state index is 11.9. The number of rotatable bonds is 7. The first-order chi connectivity index (χ1) is 14.1. The van der Waals surface area contributed by atoms with Gasteiger partial charge in [0.25, 0.3) is 5.69 Å². The Kier molecular flexibility index (Phi) is 8.84. The van der Waals surface area contributed by atoms with E-state index < -0.39 is 4.92 Å². The van der Waals surface area contributed by atoms with E-state index in [9.17, 15) is 14.9 Å². The van der Waals surface area contributed by atoms with Gasteiger partial charge in [0.15, 0.2) is 5.96 Å². The molecule has 0 saturated heterocycles. The average Bonchev–Trinajstić information content (AvgIpc) is 2.73. The summed E-state index contributed by atoms with van der Waals surface area (Å²) in [6.07, 6.45) is 0.433. The van der Waals surface area contributed by atoms with Gasteiger partial charge in [-0.25, -0.2) is 0 Å². The first-order valence-electron chi connectivity index (χ1n) is 9.38. The van der Waals surface area contributed by atoms with Gasteiger partial charge in [-0.3, -0.25) is 19.9 Å². The molecular formula is C20H25IN6O3. The molecule has 2 aromatic carbocycles. The van der Waals surface area contributed by atoms with E-state index in [1.54, 1.807) is 19.2 Å². The Morgan fingerprint density at radius 1 is 1.17 bits per heavy atom. The van der Waals surface area contributed by atoms with Gasteiger partial charge < -0.3 is 21.3 Å². The van der Waals surface area contributed by atoms with E-state index in [-0.39, 0.29) is 41.5 Å². The Balaban J connectivity index is 0.00000320. The number of nitrogens with zero attached hydrogens (tertiary/aromatic N) is 2. The van der Waals surface area contributed by atoms with Crippen molar-refractivity contribution in [3.63, 3.8) is 0 Å².